The molecule has 1 saturated heterocycles. The zero-order valence-corrected chi connectivity index (χ0v) is 16.5. The molecule has 0 spiro atoms. The standard InChI is InChI=1S/C27H29N/c1-3-9-21(10-4-1)22-14-16-24(17-15-22)27-13-7-8-18-28(27)20-25-19-26(25)23-11-5-2-6-12-23/h1-6,9-12,14-17,25-27H,7-8,13,18-20H2. The van der Waals surface area contributed by atoms with Crippen LogP contribution in [0.1, 0.15) is 48.8 Å². The van der Waals surface area contributed by atoms with Crippen molar-refractivity contribution < 1.29 is 0 Å². The highest BCUT2D eigenvalue weighted by Gasteiger charge is 2.40. The molecule has 142 valence electrons. The van der Waals surface area contributed by atoms with Crippen LogP contribution in [0.25, 0.3) is 11.1 Å². The summed E-state index contributed by atoms with van der Waals surface area (Å²) in [5, 5.41) is 0. The van der Waals surface area contributed by atoms with Crippen LogP contribution in [-0.2, 0) is 0 Å². The van der Waals surface area contributed by atoms with E-state index in [0.29, 0.717) is 6.04 Å². The molecule has 1 saturated carbocycles. The number of hydrogen-bond acceptors (Lipinski definition) is 1. The second-order valence-electron chi connectivity index (χ2n) is 8.51. The van der Waals surface area contributed by atoms with E-state index in [0.717, 1.165) is 11.8 Å². The van der Waals surface area contributed by atoms with Gasteiger partial charge in [-0.25, -0.2) is 0 Å². The summed E-state index contributed by atoms with van der Waals surface area (Å²) < 4.78 is 0. The van der Waals surface area contributed by atoms with Crippen molar-refractivity contribution in [3.63, 3.8) is 0 Å². The Hall–Kier alpha value is -2.38. The van der Waals surface area contributed by atoms with Crippen LogP contribution in [-0.4, -0.2) is 18.0 Å². The molecule has 0 radical (unpaired) electrons. The van der Waals surface area contributed by atoms with Gasteiger partial charge >= 0.3 is 0 Å². The average Bonchev–Trinajstić information content (AvgIpc) is 3.55. The number of hydrogen-bond donors (Lipinski definition) is 0. The van der Waals surface area contributed by atoms with Crippen molar-refractivity contribution in [1.29, 1.82) is 0 Å². The Morgan fingerprint density at radius 3 is 2.11 bits per heavy atom. The Morgan fingerprint density at radius 1 is 0.679 bits per heavy atom. The van der Waals surface area contributed by atoms with Crippen LogP contribution in [0, 0.1) is 5.92 Å². The van der Waals surface area contributed by atoms with Crippen molar-refractivity contribution in [2.24, 2.45) is 5.92 Å². The van der Waals surface area contributed by atoms with E-state index in [4.69, 9.17) is 0 Å². The normalized spacial score (nSPS) is 24.8. The minimum absolute atomic E-state index is 0.593. The highest BCUT2D eigenvalue weighted by Crippen LogP contribution is 2.49. The molecular formula is C27H29N. The van der Waals surface area contributed by atoms with Crippen LogP contribution in [0.3, 0.4) is 0 Å². The number of benzene rings is 3. The van der Waals surface area contributed by atoms with E-state index in [9.17, 15) is 0 Å². The van der Waals surface area contributed by atoms with Gasteiger partial charge in [0.15, 0.2) is 0 Å². The number of nitrogens with zero attached hydrogens (tertiary/aromatic N) is 1. The van der Waals surface area contributed by atoms with E-state index >= 15 is 0 Å². The second-order valence-corrected chi connectivity index (χ2v) is 8.51. The lowest BCUT2D eigenvalue weighted by molar-refractivity contribution is 0.141. The summed E-state index contributed by atoms with van der Waals surface area (Å²) in [7, 11) is 0. The van der Waals surface area contributed by atoms with Crippen molar-refractivity contribution in [2.75, 3.05) is 13.1 Å². The van der Waals surface area contributed by atoms with E-state index in [1.807, 2.05) is 0 Å². The van der Waals surface area contributed by atoms with Crippen molar-refractivity contribution in [3.8, 4) is 11.1 Å². The quantitative estimate of drug-likeness (QED) is 0.486. The fourth-order valence-electron chi connectivity index (χ4n) is 4.97. The van der Waals surface area contributed by atoms with Gasteiger partial charge in [-0.05, 0) is 59.9 Å². The smallest absolute Gasteiger partial charge is 0.0348 e. The summed E-state index contributed by atoms with van der Waals surface area (Å²) in [6.07, 6.45) is 5.36. The third kappa shape index (κ3) is 3.77. The Balaban J connectivity index is 1.28. The maximum absolute atomic E-state index is 2.77. The van der Waals surface area contributed by atoms with Gasteiger partial charge in [0.05, 0.1) is 0 Å². The molecule has 3 atom stereocenters. The van der Waals surface area contributed by atoms with Crippen molar-refractivity contribution in [3.05, 3.63) is 96.1 Å². The second kappa shape index (κ2) is 7.93. The average molecular weight is 368 g/mol. The van der Waals surface area contributed by atoms with E-state index in [2.05, 4.69) is 89.8 Å². The molecule has 1 heteroatoms. The van der Waals surface area contributed by atoms with Crippen LogP contribution in [0.4, 0.5) is 0 Å². The molecule has 28 heavy (non-hydrogen) atoms. The Morgan fingerprint density at radius 2 is 1.36 bits per heavy atom. The maximum Gasteiger partial charge on any atom is 0.0348 e. The minimum Gasteiger partial charge on any atom is -0.296 e. The highest BCUT2D eigenvalue weighted by atomic mass is 15.2. The monoisotopic (exact) mass is 367 g/mol. The van der Waals surface area contributed by atoms with E-state index in [1.54, 1.807) is 0 Å². The topological polar surface area (TPSA) is 3.24 Å². The van der Waals surface area contributed by atoms with E-state index < -0.39 is 0 Å². The van der Waals surface area contributed by atoms with Crippen LogP contribution < -0.4 is 0 Å². The fraction of sp³-hybridized carbons (Fsp3) is 0.333. The van der Waals surface area contributed by atoms with Gasteiger partial charge < -0.3 is 0 Å². The van der Waals surface area contributed by atoms with Gasteiger partial charge in [0.2, 0.25) is 0 Å². The molecule has 5 rings (SSSR count). The van der Waals surface area contributed by atoms with Crippen molar-refractivity contribution in [2.45, 2.75) is 37.6 Å². The van der Waals surface area contributed by atoms with Crippen LogP contribution in [0.15, 0.2) is 84.9 Å². The zero-order valence-electron chi connectivity index (χ0n) is 16.5. The Kier molecular flexibility index (Phi) is 5.01. The molecule has 3 aromatic carbocycles. The molecule has 1 aliphatic carbocycles. The molecule has 3 unspecified atom stereocenters. The molecule has 0 amide bonds. The van der Waals surface area contributed by atoms with Gasteiger partial charge in [-0.3, -0.25) is 4.90 Å². The highest BCUT2D eigenvalue weighted by molar-refractivity contribution is 5.63. The maximum atomic E-state index is 2.77. The van der Waals surface area contributed by atoms with Crippen molar-refractivity contribution in [1.82, 2.24) is 4.90 Å². The summed E-state index contributed by atoms with van der Waals surface area (Å²) >= 11 is 0. The lowest BCUT2D eigenvalue weighted by Crippen LogP contribution is -2.35. The van der Waals surface area contributed by atoms with Gasteiger partial charge in [0.25, 0.3) is 0 Å². The molecule has 1 aliphatic heterocycles. The number of rotatable bonds is 5. The lowest BCUT2D eigenvalue weighted by atomic mass is 9.93. The van der Waals surface area contributed by atoms with Crippen LogP contribution in [0.2, 0.25) is 0 Å². The molecule has 2 aliphatic rings. The summed E-state index contributed by atoms with van der Waals surface area (Å²) in [5.41, 5.74) is 5.65. The lowest BCUT2D eigenvalue weighted by Gasteiger charge is -2.36. The first kappa shape index (κ1) is 17.7. The van der Waals surface area contributed by atoms with Gasteiger partial charge in [0, 0.05) is 12.6 Å². The zero-order chi connectivity index (χ0) is 18.8. The molecular weight excluding hydrogens is 338 g/mol. The molecule has 0 bridgehead atoms. The molecule has 1 heterocycles. The van der Waals surface area contributed by atoms with Gasteiger partial charge in [-0.2, -0.15) is 0 Å². The van der Waals surface area contributed by atoms with Crippen molar-refractivity contribution >= 4 is 0 Å². The first-order chi connectivity index (χ1) is 13.9. The van der Waals surface area contributed by atoms with Gasteiger partial charge in [0.1, 0.15) is 0 Å². The first-order valence-corrected chi connectivity index (χ1v) is 10.8. The predicted molar refractivity (Wildman–Crippen MR) is 117 cm³/mol. The van der Waals surface area contributed by atoms with Crippen LogP contribution in [0.5, 0.6) is 0 Å². The Labute approximate surface area is 169 Å². The Bertz CT molecular complexity index is 885. The van der Waals surface area contributed by atoms with Gasteiger partial charge in [-0.1, -0.05) is 91.3 Å². The number of piperidine rings is 1. The molecule has 3 aromatic rings. The summed E-state index contributed by atoms with van der Waals surface area (Å²) in [5.74, 6) is 1.62. The molecule has 0 N–H and O–H groups in total. The minimum atomic E-state index is 0.593. The predicted octanol–water partition coefficient (Wildman–Crippen LogP) is 6.68. The van der Waals surface area contributed by atoms with E-state index in [1.165, 1.54) is 61.0 Å². The third-order valence-corrected chi connectivity index (χ3v) is 6.64. The third-order valence-electron chi connectivity index (χ3n) is 6.64. The first-order valence-electron chi connectivity index (χ1n) is 10.8. The summed E-state index contributed by atoms with van der Waals surface area (Å²) in [6, 6.07) is 31.7. The fourth-order valence-corrected chi connectivity index (χ4v) is 4.97. The van der Waals surface area contributed by atoms with E-state index in [-0.39, 0.29) is 0 Å². The summed E-state index contributed by atoms with van der Waals surface area (Å²) in [4.78, 5) is 2.77. The molecule has 2 fully saturated rings. The number of likely N-dealkylation sites (tertiary alicyclic amines) is 1. The van der Waals surface area contributed by atoms with Crippen LogP contribution >= 0.6 is 0 Å². The largest absolute Gasteiger partial charge is 0.296 e. The summed E-state index contributed by atoms with van der Waals surface area (Å²) in [6.45, 7) is 2.51. The SMILES string of the molecule is c1ccc(-c2ccc(C3CCCCN3CC3CC3c3ccccc3)cc2)cc1. The molecule has 0 aromatic heterocycles. The van der Waals surface area contributed by atoms with Gasteiger partial charge in [-0.15, -0.1) is 0 Å². The molecule has 1 nitrogen and oxygen atoms in total.